The topological polar surface area (TPSA) is 83.6 Å². The third-order valence-corrected chi connectivity index (χ3v) is 3.36. The van der Waals surface area contributed by atoms with Gasteiger partial charge in [-0.05, 0) is 55.0 Å². The average Bonchev–Trinajstić information content (AvgIpc) is 2.46. The summed E-state index contributed by atoms with van der Waals surface area (Å²) in [6, 6.07) is 11.9. The standard InChI is InChI=1S/C16H16N2O3/c1-10-9-13(7-8-14(10)15(17)19)18(2)12-5-3-11(4-6-12)16(20)21/h3-9H,1-2H3,(H2,17,19)(H,20,21). The van der Waals surface area contributed by atoms with Crippen molar-refractivity contribution in [3.05, 3.63) is 59.2 Å². The summed E-state index contributed by atoms with van der Waals surface area (Å²) in [7, 11) is 1.87. The van der Waals surface area contributed by atoms with Gasteiger partial charge in [-0.25, -0.2) is 4.79 Å². The summed E-state index contributed by atoms with van der Waals surface area (Å²) in [5.74, 6) is -1.40. The van der Waals surface area contributed by atoms with Crippen LogP contribution in [0.25, 0.3) is 0 Å². The number of carboxylic acids is 1. The SMILES string of the molecule is Cc1cc(N(C)c2ccc(C(=O)O)cc2)ccc1C(N)=O. The molecule has 21 heavy (non-hydrogen) atoms. The van der Waals surface area contributed by atoms with Gasteiger partial charge < -0.3 is 15.7 Å². The van der Waals surface area contributed by atoms with Gasteiger partial charge in [-0.15, -0.1) is 0 Å². The maximum atomic E-state index is 11.2. The quantitative estimate of drug-likeness (QED) is 0.903. The molecule has 2 aromatic rings. The van der Waals surface area contributed by atoms with Gasteiger partial charge in [-0.2, -0.15) is 0 Å². The van der Waals surface area contributed by atoms with Crippen molar-refractivity contribution in [3.63, 3.8) is 0 Å². The summed E-state index contributed by atoms with van der Waals surface area (Å²) in [6.07, 6.45) is 0. The van der Waals surface area contributed by atoms with E-state index in [0.29, 0.717) is 5.56 Å². The van der Waals surface area contributed by atoms with Crippen LogP contribution in [0.5, 0.6) is 0 Å². The molecule has 5 nitrogen and oxygen atoms in total. The monoisotopic (exact) mass is 284 g/mol. The fourth-order valence-electron chi connectivity index (χ4n) is 2.11. The van der Waals surface area contributed by atoms with E-state index in [4.69, 9.17) is 10.8 Å². The molecule has 1 amide bonds. The number of benzene rings is 2. The largest absolute Gasteiger partial charge is 0.478 e. The highest BCUT2D eigenvalue weighted by molar-refractivity contribution is 5.95. The molecule has 108 valence electrons. The number of nitrogens with two attached hydrogens (primary N) is 1. The number of hydrogen-bond acceptors (Lipinski definition) is 3. The lowest BCUT2D eigenvalue weighted by molar-refractivity contribution is 0.0696. The van der Waals surface area contributed by atoms with Gasteiger partial charge in [0.25, 0.3) is 0 Å². The Kier molecular flexibility index (Phi) is 3.93. The molecule has 2 rings (SSSR count). The zero-order chi connectivity index (χ0) is 15.6. The molecule has 3 N–H and O–H groups in total. The Bertz CT molecular complexity index is 693. The minimum Gasteiger partial charge on any atom is -0.478 e. The van der Waals surface area contributed by atoms with Gasteiger partial charge >= 0.3 is 5.97 Å². The molecule has 0 bridgehead atoms. The van der Waals surface area contributed by atoms with E-state index in [0.717, 1.165) is 16.9 Å². The lowest BCUT2D eigenvalue weighted by Crippen LogP contribution is -2.14. The van der Waals surface area contributed by atoms with E-state index in [2.05, 4.69) is 0 Å². The Labute approximate surface area is 122 Å². The first-order valence-electron chi connectivity index (χ1n) is 6.37. The molecular formula is C16H16N2O3. The van der Waals surface area contributed by atoms with Crippen LogP contribution in [0.15, 0.2) is 42.5 Å². The van der Waals surface area contributed by atoms with Crippen LogP contribution >= 0.6 is 0 Å². The number of hydrogen-bond donors (Lipinski definition) is 2. The number of primary amides is 1. The van der Waals surface area contributed by atoms with E-state index < -0.39 is 11.9 Å². The predicted molar refractivity (Wildman–Crippen MR) is 81.2 cm³/mol. The van der Waals surface area contributed by atoms with Gasteiger partial charge in [0.2, 0.25) is 5.91 Å². The molecule has 0 fully saturated rings. The maximum Gasteiger partial charge on any atom is 0.335 e. The van der Waals surface area contributed by atoms with Crippen molar-refractivity contribution in [1.82, 2.24) is 0 Å². The van der Waals surface area contributed by atoms with Crippen LogP contribution < -0.4 is 10.6 Å². The molecule has 0 atom stereocenters. The second kappa shape index (κ2) is 5.66. The molecule has 2 aromatic carbocycles. The summed E-state index contributed by atoms with van der Waals surface area (Å²) < 4.78 is 0. The number of carboxylic acid groups (broad SMARTS) is 1. The van der Waals surface area contributed by atoms with Crippen molar-refractivity contribution < 1.29 is 14.7 Å². The highest BCUT2D eigenvalue weighted by Gasteiger charge is 2.10. The van der Waals surface area contributed by atoms with Gasteiger partial charge in [0.05, 0.1) is 5.56 Å². The van der Waals surface area contributed by atoms with Crippen LogP contribution in [0.2, 0.25) is 0 Å². The Balaban J connectivity index is 2.31. The molecule has 0 aliphatic heterocycles. The first-order valence-corrected chi connectivity index (χ1v) is 6.37. The molecule has 0 saturated carbocycles. The molecule has 0 saturated heterocycles. The molecule has 0 aromatic heterocycles. The van der Waals surface area contributed by atoms with Crippen LogP contribution in [0.4, 0.5) is 11.4 Å². The van der Waals surface area contributed by atoms with Crippen molar-refractivity contribution in [2.45, 2.75) is 6.92 Å². The fourth-order valence-corrected chi connectivity index (χ4v) is 2.11. The van der Waals surface area contributed by atoms with Crippen LogP contribution in [-0.4, -0.2) is 24.0 Å². The Morgan fingerprint density at radius 1 is 1.05 bits per heavy atom. The zero-order valence-corrected chi connectivity index (χ0v) is 11.8. The van der Waals surface area contributed by atoms with E-state index in [-0.39, 0.29) is 5.56 Å². The van der Waals surface area contributed by atoms with Crippen LogP contribution in [0, 0.1) is 6.92 Å². The Morgan fingerprint density at radius 3 is 2.10 bits per heavy atom. The van der Waals surface area contributed by atoms with Crippen molar-refractivity contribution in [2.24, 2.45) is 5.73 Å². The predicted octanol–water partition coefficient (Wildman–Crippen LogP) is 2.56. The Hall–Kier alpha value is -2.82. The number of anilines is 2. The molecule has 0 unspecified atom stereocenters. The molecule has 5 heteroatoms. The van der Waals surface area contributed by atoms with E-state index in [1.807, 2.05) is 24.9 Å². The lowest BCUT2D eigenvalue weighted by atomic mass is 10.1. The molecular weight excluding hydrogens is 268 g/mol. The maximum absolute atomic E-state index is 11.2. The summed E-state index contributed by atoms with van der Waals surface area (Å²) in [5, 5.41) is 8.89. The minimum absolute atomic E-state index is 0.243. The van der Waals surface area contributed by atoms with Crippen molar-refractivity contribution in [3.8, 4) is 0 Å². The summed E-state index contributed by atoms with van der Waals surface area (Å²) in [6.45, 7) is 1.82. The Morgan fingerprint density at radius 2 is 1.62 bits per heavy atom. The van der Waals surface area contributed by atoms with E-state index in [1.165, 1.54) is 0 Å². The highest BCUT2D eigenvalue weighted by Crippen LogP contribution is 2.25. The molecule has 0 aliphatic rings. The molecule has 0 spiro atoms. The van der Waals surface area contributed by atoms with Crippen LogP contribution in [0.3, 0.4) is 0 Å². The minimum atomic E-state index is -0.953. The molecule has 0 aliphatic carbocycles. The lowest BCUT2D eigenvalue weighted by Gasteiger charge is -2.20. The molecule has 0 radical (unpaired) electrons. The van der Waals surface area contributed by atoms with E-state index >= 15 is 0 Å². The number of rotatable bonds is 4. The van der Waals surface area contributed by atoms with Gasteiger partial charge in [-0.1, -0.05) is 0 Å². The van der Waals surface area contributed by atoms with Crippen molar-refractivity contribution in [2.75, 3.05) is 11.9 Å². The molecule has 0 heterocycles. The average molecular weight is 284 g/mol. The first kappa shape index (κ1) is 14.6. The van der Waals surface area contributed by atoms with Crippen LogP contribution in [0.1, 0.15) is 26.3 Å². The van der Waals surface area contributed by atoms with Crippen molar-refractivity contribution in [1.29, 1.82) is 0 Å². The summed E-state index contributed by atoms with van der Waals surface area (Å²) in [5.41, 5.74) is 8.57. The number of nitrogens with zero attached hydrogens (tertiary/aromatic N) is 1. The number of amides is 1. The third kappa shape index (κ3) is 3.02. The van der Waals surface area contributed by atoms with Gasteiger partial charge in [0, 0.05) is 24.0 Å². The van der Waals surface area contributed by atoms with E-state index in [9.17, 15) is 9.59 Å². The first-order chi connectivity index (χ1) is 9.90. The van der Waals surface area contributed by atoms with Gasteiger partial charge in [0.1, 0.15) is 0 Å². The van der Waals surface area contributed by atoms with Crippen LogP contribution in [-0.2, 0) is 0 Å². The zero-order valence-electron chi connectivity index (χ0n) is 11.8. The van der Waals surface area contributed by atoms with Gasteiger partial charge in [0.15, 0.2) is 0 Å². The highest BCUT2D eigenvalue weighted by atomic mass is 16.4. The normalized spacial score (nSPS) is 10.2. The second-order valence-electron chi connectivity index (χ2n) is 4.77. The number of aromatic carboxylic acids is 1. The van der Waals surface area contributed by atoms with Gasteiger partial charge in [-0.3, -0.25) is 4.79 Å². The summed E-state index contributed by atoms with van der Waals surface area (Å²) >= 11 is 0. The second-order valence-corrected chi connectivity index (χ2v) is 4.77. The summed E-state index contributed by atoms with van der Waals surface area (Å²) in [4.78, 5) is 24.0. The third-order valence-electron chi connectivity index (χ3n) is 3.36. The number of carbonyl (C=O) groups is 2. The van der Waals surface area contributed by atoms with E-state index in [1.54, 1.807) is 36.4 Å². The van der Waals surface area contributed by atoms with Crippen molar-refractivity contribution >= 4 is 23.3 Å². The number of aryl methyl sites for hydroxylation is 1. The fraction of sp³-hybridized carbons (Fsp3) is 0.125. The number of carbonyl (C=O) groups excluding carboxylic acids is 1. The smallest absolute Gasteiger partial charge is 0.335 e.